The Morgan fingerprint density at radius 2 is 1.83 bits per heavy atom. The minimum atomic E-state index is 0.806. The molecule has 98 valence electrons. The van der Waals surface area contributed by atoms with Crippen molar-refractivity contribution in [2.45, 2.75) is 13.3 Å². The lowest BCUT2D eigenvalue weighted by Gasteiger charge is -2.36. The molecule has 0 amide bonds. The Kier molecular flexibility index (Phi) is 4.59. The van der Waals surface area contributed by atoms with Crippen LogP contribution in [0.5, 0.6) is 0 Å². The molecular weight excluding hydrogens is 226 g/mol. The molecule has 1 aliphatic heterocycles. The van der Waals surface area contributed by atoms with E-state index < -0.39 is 0 Å². The lowest BCUT2D eigenvalue weighted by molar-refractivity contribution is 0.262. The molecule has 4 heteroatoms. The second-order valence-corrected chi connectivity index (χ2v) is 4.75. The van der Waals surface area contributed by atoms with Gasteiger partial charge in [0.15, 0.2) is 0 Å². The van der Waals surface area contributed by atoms with Gasteiger partial charge in [-0.15, -0.1) is 0 Å². The Balaban J connectivity index is 1.78. The summed E-state index contributed by atoms with van der Waals surface area (Å²) < 4.78 is 0. The molecular formula is C14H21N3O. The maximum absolute atomic E-state index is 8.62. The van der Waals surface area contributed by atoms with Crippen molar-refractivity contribution in [2.24, 2.45) is 5.16 Å². The van der Waals surface area contributed by atoms with Crippen molar-refractivity contribution in [3.63, 3.8) is 0 Å². The van der Waals surface area contributed by atoms with E-state index in [4.69, 9.17) is 5.21 Å². The van der Waals surface area contributed by atoms with Crippen LogP contribution in [0.3, 0.4) is 0 Å². The highest BCUT2D eigenvalue weighted by molar-refractivity contribution is 5.81. The molecule has 1 saturated heterocycles. The Hall–Kier alpha value is -1.55. The second kappa shape index (κ2) is 6.40. The van der Waals surface area contributed by atoms with Crippen molar-refractivity contribution in [1.82, 2.24) is 4.90 Å². The highest BCUT2D eigenvalue weighted by Gasteiger charge is 2.16. The Morgan fingerprint density at radius 3 is 2.44 bits per heavy atom. The van der Waals surface area contributed by atoms with Gasteiger partial charge in [-0.05, 0) is 19.1 Å². The fourth-order valence-electron chi connectivity index (χ4n) is 2.24. The first-order valence-corrected chi connectivity index (χ1v) is 6.49. The molecule has 4 nitrogen and oxygen atoms in total. The zero-order valence-electron chi connectivity index (χ0n) is 10.9. The first kappa shape index (κ1) is 12.9. The predicted molar refractivity (Wildman–Crippen MR) is 74.6 cm³/mol. The van der Waals surface area contributed by atoms with Crippen LogP contribution in [0.1, 0.15) is 13.3 Å². The second-order valence-electron chi connectivity index (χ2n) is 4.75. The molecule has 0 radical (unpaired) electrons. The third-order valence-corrected chi connectivity index (χ3v) is 3.45. The third-order valence-electron chi connectivity index (χ3n) is 3.45. The Labute approximate surface area is 109 Å². The molecule has 2 rings (SSSR count). The van der Waals surface area contributed by atoms with E-state index in [1.807, 2.05) is 6.92 Å². The lowest BCUT2D eigenvalue weighted by Crippen LogP contribution is -2.46. The van der Waals surface area contributed by atoms with Gasteiger partial charge in [0, 0.05) is 44.8 Å². The van der Waals surface area contributed by atoms with E-state index >= 15 is 0 Å². The van der Waals surface area contributed by atoms with E-state index in [1.54, 1.807) is 0 Å². The Bertz CT molecular complexity index is 383. The molecule has 1 heterocycles. The van der Waals surface area contributed by atoms with Crippen molar-refractivity contribution >= 4 is 11.4 Å². The zero-order valence-corrected chi connectivity index (χ0v) is 10.9. The fraction of sp³-hybridized carbons (Fsp3) is 0.500. The summed E-state index contributed by atoms with van der Waals surface area (Å²) in [5, 5.41) is 11.8. The smallest absolute Gasteiger partial charge is 0.0552 e. The predicted octanol–water partition coefficient (Wildman–Crippen LogP) is 2.05. The Morgan fingerprint density at radius 1 is 1.17 bits per heavy atom. The van der Waals surface area contributed by atoms with E-state index in [0.717, 1.165) is 44.9 Å². The van der Waals surface area contributed by atoms with Gasteiger partial charge in [0.25, 0.3) is 0 Å². The molecule has 18 heavy (non-hydrogen) atoms. The number of anilines is 1. The van der Waals surface area contributed by atoms with Crippen LogP contribution in [0.4, 0.5) is 5.69 Å². The molecule has 0 aliphatic carbocycles. The van der Waals surface area contributed by atoms with Gasteiger partial charge in [0.05, 0.1) is 5.71 Å². The quantitative estimate of drug-likeness (QED) is 0.503. The van der Waals surface area contributed by atoms with Crippen LogP contribution >= 0.6 is 0 Å². The van der Waals surface area contributed by atoms with E-state index in [1.165, 1.54) is 5.69 Å². The molecule has 0 aromatic heterocycles. The zero-order chi connectivity index (χ0) is 12.8. The summed E-state index contributed by atoms with van der Waals surface area (Å²) in [5.41, 5.74) is 2.12. The van der Waals surface area contributed by atoms with Gasteiger partial charge in [-0.3, -0.25) is 4.90 Å². The molecule has 1 fully saturated rings. The SMILES string of the molecule is C/C(CCN1CCN(c2ccccc2)CC1)=N\O. The molecule has 0 atom stereocenters. The van der Waals surface area contributed by atoms with Gasteiger partial charge in [-0.1, -0.05) is 23.4 Å². The van der Waals surface area contributed by atoms with E-state index in [0.29, 0.717) is 0 Å². The fourth-order valence-corrected chi connectivity index (χ4v) is 2.24. The number of piperazine rings is 1. The molecule has 0 saturated carbocycles. The minimum absolute atomic E-state index is 0.806. The lowest BCUT2D eigenvalue weighted by atomic mass is 10.2. The topological polar surface area (TPSA) is 39.1 Å². The summed E-state index contributed by atoms with van der Waals surface area (Å²) in [6.45, 7) is 7.14. The molecule has 0 spiro atoms. The van der Waals surface area contributed by atoms with Gasteiger partial charge in [-0.2, -0.15) is 0 Å². The van der Waals surface area contributed by atoms with Crippen LogP contribution in [0.15, 0.2) is 35.5 Å². The molecule has 1 aromatic rings. The number of hydrogen-bond acceptors (Lipinski definition) is 4. The molecule has 1 aromatic carbocycles. The summed E-state index contributed by atoms with van der Waals surface area (Å²) in [7, 11) is 0. The standard InChI is InChI=1S/C14H21N3O/c1-13(15-18)7-8-16-9-11-17(12-10-16)14-5-3-2-4-6-14/h2-6,18H,7-12H2,1H3/b15-13+. The summed E-state index contributed by atoms with van der Waals surface area (Å²) in [6, 6.07) is 10.6. The van der Waals surface area contributed by atoms with Crippen LogP contribution < -0.4 is 4.90 Å². The van der Waals surface area contributed by atoms with Crippen molar-refractivity contribution in [3.05, 3.63) is 30.3 Å². The van der Waals surface area contributed by atoms with Crippen LogP contribution in [-0.2, 0) is 0 Å². The monoisotopic (exact) mass is 247 g/mol. The van der Waals surface area contributed by atoms with Crippen LogP contribution in [0.25, 0.3) is 0 Å². The summed E-state index contributed by atoms with van der Waals surface area (Å²) in [6.07, 6.45) is 0.849. The van der Waals surface area contributed by atoms with Gasteiger partial charge < -0.3 is 10.1 Å². The van der Waals surface area contributed by atoms with Crippen molar-refractivity contribution in [1.29, 1.82) is 0 Å². The van der Waals surface area contributed by atoms with Gasteiger partial charge in [0.2, 0.25) is 0 Å². The molecule has 1 aliphatic rings. The number of benzene rings is 1. The van der Waals surface area contributed by atoms with Gasteiger partial charge in [0.1, 0.15) is 0 Å². The number of hydrogen-bond donors (Lipinski definition) is 1. The maximum atomic E-state index is 8.62. The van der Waals surface area contributed by atoms with Crippen molar-refractivity contribution < 1.29 is 5.21 Å². The number of oxime groups is 1. The normalized spacial score (nSPS) is 18.1. The summed E-state index contributed by atoms with van der Waals surface area (Å²) >= 11 is 0. The van der Waals surface area contributed by atoms with Crippen LogP contribution in [0.2, 0.25) is 0 Å². The van der Waals surface area contributed by atoms with Gasteiger partial charge in [-0.25, -0.2) is 0 Å². The first-order valence-electron chi connectivity index (χ1n) is 6.49. The number of nitrogens with zero attached hydrogens (tertiary/aromatic N) is 3. The summed E-state index contributed by atoms with van der Waals surface area (Å²) in [5.74, 6) is 0. The van der Waals surface area contributed by atoms with Crippen molar-refractivity contribution in [3.8, 4) is 0 Å². The minimum Gasteiger partial charge on any atom is -0.411 e. The van der Waals surface area contributed by atoms with Gasteiger partial charge >= 0.3 is 0 Å². The largest absolute Gasteiger partial charge is 0.411 e. The summed E-state index contributed by atoms with van der Waals surface area (Å²) in [4.78, 5) is 4.84. The molecule has 1 N–H and O–H groups in total. The average Bonchev–Trinajstić information content (AvgIpc) is 2.46. The van der Waals surface area contributed by atoms with E-state index in [2.05, 4.69) is 45.3 Å². The number of rotatable bonds is 4. The molecule has 0 bridgehead atoms. The van der Waals surface area contributed by atoms with Crippen LogP contribution in [-0.4, -0.2) is 48.5 Å². The highest BCUT2D eigenvalue weighted by Crippen LogP contribution is 2.15. The third kappa shape index (κ3) is 3.47. The van der Waals surface area contributed by atoms with Crippen LogP contribution in [0, 0.1) is 0 Å². The molecule has 0 unspecified atom stereocenters. The number of para-hydroxylation sites is 1. The maximum Gasteiger partial charge on any atom is 0.0552 e. The average molecular weight is 247 g/mol. The van der Waals surface area contributed by atoms with Crippen molar-refractivity contribution in [2.75, 3.05) is 37.6 Å². The van der Waals surface area contributed by atoms with E-state index in [-0.39, 0.29) is 0 Å². The highest BCUT2D eigenvalue weighted by atomic mass is 16.4. The first-order chi connectivity index (χ1) is 8.79. The van der Waals surface area contributed by atoms with E-state index in [9.17, 15) is 0 Å².